The maximum absolute atomic E-state index is 6.31. The number of anilines is 3. The fourth-order valence-electron chi connectivity index (χ4n) is 12.1. The van der Waals surface area contributed by atoms with E-state index in [0.29, 0.717) is 0 Å². The van der Waals surface area contributed by atoms with Crippen LogP contribution in [0.4, 0.5) is 17.1 Å². The molecule has 15 rings (SSSR count). The maximum Gasteiger partial charge on any atom is 0.136 e. The van der Waals surface area contributed by atoms with Crippen LogP contribution in [0.25, 0.3) is 97.7 Å². The molecule has 2 aliphatic carbocycles. The van der Waals surface area contributed by atoms with Gasteiger partial charge in [0, 0.05) is 48.0 Å². The lowest BCUT2D eigenvalue weighted by molar-refractivity contribution is 0.669. The van der Waals surface area contributed by atoms with E-state index in [-0.39, 0.29) is 0 Å². The number of para-hydroxylation sites is 1. The first-order valence-electron chi connectivity index (χ1n) is 24.1. The number of nitrogens with zero attached hydrogens (tertiary/aromatic N) is 1. The zero-order chi connectivity index (χ0) is 45.9. The van der Waals surface area contributed by atoms with Gasteiger partial charge in [-0.3, -0.25) is 0 Å². The average Bonchev–Trinajstić information content (AvgIpc) is 4.17. The van der Waals surface area contributed by atoms with Crippen molar-refractivity contribution in [3.05, 3.63) is 271 Å². The third-order valence-corrected chi connectivity index (χ3v) is 16.2. The highest BCUT2D eigenvalue weighted by atomic mass is 32.1. The number of fused-ring (bicyclic) bond motifs is 17. The van der Waals surface area contributed by atoms with Gasteiger partial charge < -0.3 is 9.32 Å². The Morgan fingerprint density at radius 2 is 0.914 bits per heavy atom. The molecule has 2 aromatic heterocycles. The third kappa shape index (κ3) is 5.61. The van der Waals surface area contributed by atoms with Crippen molar-refractivity contribution in [3.8, 4) is 55.6 Å². The highest BCUT2D eigenvalue weighted by Crippen LogP contribution is 2.66. The first-order valence-corrected chi connectivity index (χ1v) is 24.9. The number of thiophene rings is 1. The molecule has 0 bridgehead atoms. The van der Waals surface area contributed by atoms with E-state index in [4.69, 9.17) is 4.42 Å². The first kappa shape index (κ1) is 39.3. The molecule has 0 amide bonds. The van der Waals surface area contributed by atoms with Gasteiger partial charge in [0.05, 0.1) is 5.41 Å². The van der Waals surface area contributed by atoms with Crippen molar-refractivity contribution in [1.82, 2.24) is 0 Å². The van der Waals surface area contributed by atoms with Crippen LogP contribution in [0.3, 0.4) is 0 Å². The Labute approximate surface area is 409 Å². The molecular weight excluding hydrogens is 867 g/mol. The summed E-state index contributed by atoms with van der Waals surface area (Å²) in [5.74, 6) is 0. The van der Waals surface area contributed by atoms with Gasteiger partial charge in [0.1, 0.15) is 11.2 Å². The number of hydrogen-bond donors (Lipinski definition) is 0. The molecule has 0 saturated carbocycles. The number of benzene rings is 11. The molecule has 1 atom stereocenters. The van der Waals surface area contributed by atoms with Gasteiger partial charge in [-0.2, -0.15) is 0 Å². The molecule has 326 valence electrons. The standard InChI is InChI=1S/C67H41NOS/c1-2-14-42(15-3-1)43-28-33-47(34-29-43)68(48-35-30-44(31-36-48)45-32-37-53-52-19-6-10-26-60(52)69-61(53)41-45)49-17-12-16-46(40-49)50-22-13-23-54-51-18-4-8-24-57(51)67(66(50)54)58-25-9-5-20-55(58)64-59(67)38-39-63-65(64)56-21-7-11-27-62(56)70-63/h1-41H. The quantitative estimate of drug-likeness (QED) is 0.165. The van der Waals surface area contributed by atoms with Crippen molar-refractivity contribution < 1.29 is 4.42 Å². The van der Waals surface area contributed by atoms with E-state index in [1.165, 1.54) is 86.9 Å². The summed E-state index contributed by atoms with van der Waals surface area (Å²) in [6.07, 6.45) is 0. The molecule has 11 aromatic carbocycles. The highest BCUT2D eigenvalue weighted by Gasteiger charge is 2.53. The molecule has 0 N–H and O–H groups in total. The van der Waals surface area contributed by atoms with E-state index < -0.39 is 5.41 Å². The Kier molecular flexibility index (Phi) is 8.48. The van der Waals surface area contributed by atoms with E-state index in [1.54, 1.807) is 0 Å². The zero-order valence-electron chi connectivity index (χ0n) is 37.9. The summed E-state index contributed by atoms with van der Waals surface area (Å²) in [5, 5.41) is 4.97. The van der Waals surface area contributed by atoms with Crippen LogP contribution in [0, 0.1) is 0 Å². The van der Waals surface area contributed by atoms with Crippen LogP contribution in [-0.4, -0.2) is 0 Å². The second-order valence-electron chi connectivity index (χ2n) is 18.7. The number of rotatable bonds is 6. The summed E-state index contributed by atoms with van der Waals surface area (Å²) in [7, 11) is 0. The normalized spacial score (nSPS) is 14.3. The molecule has 0 radical (unpaired) electrons. The largest absolute Gasteiger partial charge is 0.456 e. The Morgan fingerprint density at radius 3 is 1.73 bits per heavy atom. The summed E-state index contributed by atoms with van der Waals surface area (Å²) in [6.45, 7) is 0. The topological polar surface area (TPSA) is 16.4 Å². The molecule has 2 nitrogen and oxygen atoms in total. The van der Waals surface area contributed by atoms with Gasteiger partial charge in [0.2, 0.25) is 0 Å². The van der Waals surface area contributed by atoms with Gasteiger partial charge in [0.25, 0.3) is 0 Å². The molecular formula is C67H41NOS. The van der Waals surface area contributed by atoms with E-state index in [1.807, 2.05) is 23.5 Å². The molecule has 2 aliphatic rings. The van der Waals surface area contributed by atoms with Crippen molar-refractivity contribution in [2.45, 2.75) is 5.41 Å². The van der Waals surface area contributed by atoms with Gasteiger partial charge in [-0.1, -0.05) is 182 Å². The Bertz CT molecular complexity index is 4240. The van der Waals surface area contributed by atoms with E-state index in [2.05, 4.69) is 241 Å². The summed E-state index contributed by atoms with van der Waals surface area (Å²) in [6, 6.07) is 91.7. The van der Waals surface area contributed by atoms with Gasteiger partial charge in [-0.15, -0.1) is 11.3 Å². The fourth-order valence-corrected chi connectivity index (χ4v) is 13.3. The zero-order valence-corrected chi connectivity index (χ0v) is 38.8. The van der Waals surface area contributed by atoms with E-state index in [9.17, 15) is 0 Å². The van der Waals surface area contributed by atoms with Crippen molar-refractivity contribution in [2.75, 3.05) is 4.90 Å². The first-order chi connectivity index (χ1) is 34.7. The van der Waals surface area contributed by atoms with Crippen LogP contribution >= 0.6 is 11.3 Å². The van der Waals surface area contributed by atoms with Crippen molar-refractivity contribution in [3.63, 3.8) is 0 Å². The predicted molar refractivity (Wildman–Crippen MR) is 294 cm³/mol. The molecule has 70 heavy (non-hydrogen) atoms. The molecule has 13 aromatic rings. The van der Waals surface area contributed by atoms with E-state index in [0.717, 1.165) is 50.1 Å². The predicted octanol–water partition coefficient (Wildman–Crippen LogP) is 18.8. The average molecular weight is 908 g/mol. The van der Waals surface area contributed by atoms with Crippen LogP contribution in [0.2, 0.25) is 0 Å². The molecule has 0 fully saturated rings. The van der Waals surface area contributed by atoms with Crippen LogP contribution < -0.4 is 4.90 Å². The minimum absolute atomic E-state index is 0.518. The van der Waals surface area contributed by atoms with Crippen LogP contribution in [0.15, 0.2) is 253 Å². The lowest BCUT2D eigenvalue weighted by Crippen LogP contribution is -2.26. The second kappa shape index (κ2) is 15.1. The van der Waals surface area contributed by atoms with Gasteiger partial charge in [-0.05, 0) is 145 Å². The van der Waals surface area contributed by atoms with Crippen LogP contribution in [0.5, 0.6) is 0 Å². The molecule has 2 heterocycles. The van der Waals surface area contributed by atoms with Crippen molar-refractivity contribution in [1.29, 1.82) is 0 Å². The van der Waals surface area contributed by atoms with Crippen LogP contribution in [-0.2, 0) is 5.41 Å². The lowest BCUT2D eigenvalue weighted by Gasteiger charge is -2.32. The van der Waals surface area contributed by atoms with Gasteiger partial charge >= 0.3 is 0 Å². The van der Waals surface area contributed by atoms with Crippen molar-refractivity contribution >= 4 is 70.5 Å². The molecule has 0 saturated heterocycles. The monoisotopic (exact) mass is 907 g/mol. The van der Waals surface area contributed by atoms with Crippen LogP contribution in [0.1, 0.15) is 22.3 Å². The minimum Gasteiger partial charge on any atom is -0.456 e. The van der Waals surface area contributed by atoms with E-state index >= 15 is 0 Å². The minimum atomic E-state index is -0.518. The molecule has 0 aliphatic heterocycles. The molecule has 3 heteroatoms. The van der Waals surface area contributed by atoms with Gasteiger partial charge in [0.15, 0.2) is 0 Å². The molecule has 1 unspecified atom stereocenters. The molecule has 1 spiro atoms. The summed E-state index contributed by atoms with van der Waals surface area (Å²) in [4.78, 5) is 2.40. The van der Waals surface area contributed by atoms with Crippen molar-refractivity contribution in [2.24, 2.45) is 0 Å². The van der Waals surface area contributed by atoms with Gasteiger partial charge in [-0.25, -0.2) is 0 Å². The Hall–Kier alpha value is -8.76. The Morgan fingerprint density at radius 1 is 0.329 bits per heavy atom. The second-order valence-corrected chi connectivity index (χ2v) is 19.8. The maximum atomic E-state index is 6.31. The lowest BCUT2D eigenvalue weighted by atomic mass is 9.68. The SMILES string of the molecule is c1ccc(-c2ccc(N(c3ccc(-c4ccc5c(c4)oc4ccccc45)cc3)c3cccc(-c4cccc5c4C4(c6ccccc6-5)c5ccccc5-c5c4ccc4sc6ccccc6c54)c3)cc2)cc1. The smallest absolute Gasteiger partial charge is 0.136 e. The third-order valence-electron chi connectivity index (χ3n) is 15.1. The summed E-state index contributed by atoms with van der Waals surface area (Å²) < 4.78 is 8.97. The highest BCUT2D eigenvalue weighted by molar-refractivity contribution is 7.26. The summed E-state index contributed by atoms with van der Waals surface area (Å²) in [5.41, 5.74) is 22.3. The Balaban J connectivity index is 0.908. The number of hydrogen-bond acceptors (Lipinski definition) is 3. The number of furan rings is 1. The fraction of sp³-hybridized carbons (Fsp3) is 0.0149. The summed E-state index contributed by atoms with van der Waals surface area (Å²) >= 11 is 1.90.